The number of hydrogen-bond donors (Lipinski definition) is 1. The molecule has 20 heavy (non-hydrogen) atoms. The van der Waals surface area contributed by atoms with Crippen LogP contribution in [-0.4, -0.2) is 16.3 Å². The van der Waals surface area contributed by atoms with Gasteiger partial charge < -0.3 is 10.5 Å². The summed E-state index contributed by atoms with van der Waals surface area (Å²) in [5.74, 6) is -0.137. The predicted octanol–water partition coefficient (Wildman–Crippen LogP) is 2.71. The topological polar surface area (TPSA) is 53.1 Å². The minimum atomic E-state index is -0.369. The number of hydrogen-bond acceptors (Lipinski definition) is 3. The molecule has 0 aliphatic rings. The Balaban J connectivity index is 2.11. The van der Waals surface area contributed by atoms with E-state index in [2.05, 4.69) is 21.0 Å². The molecule has 0 amide bonds. The summed E-state index contributed by atoms with van der Waals surface area (Å²) >= 11 is 3.45. The number of nitrogens with zero attached hydrogens (tertiary/aromatic N) is 2. The zero-order chi connectivity index (χ0) is 14.7. The van der Waals surface area contributed by atoms with E-state index in [1.54, 1.807) is 10.7 Å². The highest BCUT2D eigenvalue weighted by atomic mass is 79.9. The lowest BCUT2D eigenvalue weighted by Gasteiger charge is -2.09. The van der Waals surface area contributed by atoms with E-state index in [9.17, 15) is 4.39 Å². The van der Waals surface area contributed by atoms with Crippen molar-refractivity contribution in [2.24, 2.45) is 12.8 Å². The fourth-order valence-corrected chi connectivity index (χ4v) is 2.42. The second kappa shape index (κ2) is 6.37. The van der Waals surface area contributed by atoms with Crippen LogP contribution in [0.25, 0.3) is 0 Å². The van der Waals surface area contributed by atoms with Gasteiger partial charge in [-0.3, -0.25) is 4.68 Å². The fraction of sp³-hybridized carbons (Fsp3) is 0.357. The lowest BCUT2D eigenvalue weighted by atomic mass is 10.1. The molecule has 1 aromatic heterocycles. The molecule has 0 aliphatic carbocycles. The van der Waals surface area contributed by atoms with Crippen LogP contribution in [0.2, 0.25) is 0 Å². The lowest BCUT2D eigenvalue weighted by Crippen LogP contribution is -2.06. The zero-order valence-corrected chi connectivity index (χ0v) is 13.1. The Morgan fingerprint density at radius 1 is 1.45 bits per heavy atom. The number of rotatable bonds is 5. The molecule has 0 atom stereocenters. The zero-order valence-electron chi connectivity index (χ0n) is 11.5. The van der Waals surface area contributed by atoms with E-state index < -0.39 is 0 Å². The summed E-state index contributed by atoms with van der Waals surface area (Å²) < 4.78 is 22.0. The summed E-state index contributed by atoms with van der Waals surface area (Å²) in [6.45, 7) is 2.65. The second-order valence-corrected chi connectivity index (χ2v) is 5.35. The number of nitrogens with two attached hydrogens (primary N) is 1. The molecule has 2 N–H and O–H groups in total. The van der Waals surface area contributed by atoms with Crippen LogP contribution in [0.3, 0.4) is 0 Å². The second-order valence-electron chi connectivity index (χ2n) is 4.56. The van der Waals surface area contributed by atoms with E-state index >= 15 is 0 Å². The summed E-state index contributed by atoms with van der Waals surface area (Å²) in [6, 6.07) is 4.93. The summed E-state index contributed by atoms with van der Waals surface area (Å²) in [5, 5.41) is 4.27. The SMILES string of the molecule is Cc1nn(C)c(COc2ccc(CCN)cc2F)c1Br. The first-order valence-electron chi connectivity index (χ1n) is 6.32. The highest BCUT2D eigenvalue weighted by Gasteiger charge is 2.12. The molecule has 2 rings (SSSR count). The van der Waals surface area contributed by atoms with Crippen LogP contribution in [0.5, 0.6) is 5.75 Å². The third-order valence-electron chi connectivity index (χ3n) is 3.06. The first-order valence-corrected chi connectivity index (χ1v) is 7.11. The van der Waals surface area contributed by atoms with Crippen LogP contribution in [-0.2, 0) is 20.1 Å². The molecule has 1 heterocycles. The quantitative estimate of drug-likeness (QED) is 0.909. The first kappa shape index (κ1) is 15.0. The standard InChI is InChI=1S/C14H17BrFN3O/c1-9-14(15)12(19(2)18-9)8-20-13-4-3-10(5-6-17)7-11(13)16/h3-4,7H,5-6,8,17H2,1-2H3. The summed E-state index contributed by atoms with van der Waals surface area (Å²) in [6.07, 6.45) is 0.656. The average molecular weight is 342 g/mol. The van der Waals surface area contributed by atoms with Crippen molar-refractivity contribution in [3.8, 4) is 5.75 Å². The van der Waals surface area contributed by atoms with Crippen LogP contribution in [0, 0.1) is 12.7 Å². The molecule has 4 nitrogen and oxygen atoms in total. The third-order valence-corrected chi connectivity index (χ3v) is 4.09. The summed E-state index contributed by atoms with van der Waals surface area (Å²) in [5.41, 5.74) is 8.07. The Hall–Kier alpha value is -1.40. The maximum atomic E-state index is 13.9. The largest absolute Gasteiger partial charge is 0.484 e. The molecule has 0 saturated carbocycles. The molecule has 1 aromatic carbocycles. The monoisotopic (exact) mass is 341 g/mol. The van der Waals surface area contributed by atoms with Gasteiger partial charge in [0.05, 0.1) is 15.9 Å². The Labute approximate surface area is 125 Å². The first-order chi connectivity index (χ1) is 9.52. The molecule has 6 heteroatoms. The van der Waals surface area contributed by atoms with E-state index in [0.717, 1.165) is 21.4 Å². The van der Waals surface area contributed by atoms with E-state index in [0.29, 0.717) is 13.0 Å². The van der Waals surface area contributed by atoms with E-state index in [-0.39, 0.29) is 18.2 Å². The normalized spacial score (nSPS) is 10.8. The van der Waals surface area contributed by atoms with Crippen molar-refractivity contribution in [2.75, 3.05) is 6.54 Å². The number of ether oxygens (including phenoxy) is 1. The van der Waals surface area contributed by atoms with Crippen molar-refractivity contribution in [1.82, 2.24) is 9.78 Å². The van der Waals surface area contributed by atoms with E-state index in [4.69, 9.17) is 10.5 Å². The molecule has 0 fully saturated rings. The van der Waals surface area contributed by atoms with Gasteiger partial charge in [-0.25, -0.2) is 4.39 Å². The number of aromatic nitrogens is 2. The molecule has 0 aliphatic heterocycles. The maximum absolute atomic E-state index is 13.9. The Kier molecular flexibility index (Phi) is 4.77. The summed E-state index contributed by atoms with van der Waals surface area (Å²) in [7, 11) is 1.83. The van der Waals surface area contributed by atoms with Gasteiger partial charge in [0.2, 0.25) is 0 Å². The molecular weight excluding hydrogens is 325 g/mol. The molecule has 0 radical (unpaired) electrons. The van der Waals surface area contributed by atoms with Gasteiger partial charge in [0.25, 0.3) is 0 Å². The Morgan fingerprint density at radius 2 is 2.20 bits per heavy atom. The predicted molar refractivity (Wildman–Crippen MR) is 79.1 cm³/mol. The molecule has 108 valence electrons. The van der Waals surface area contributed by atoms with Crippen LogP contribution in [0.1, 0.15) is 17.0 Å². The Bertz CT molecular complexity index is 613. The molecule has 0 bridgehead atoms. The average Bonchev–Trinajstić information content (AvgIpc) is 2.64. The van der Waals surface area contributed by atoms with Gasteiger partial charge in [-0.15, -0.1) is 0 Å². The maximum Gasteiger partial charge on any atom is 0.165 e. The van der Waals surface area contributed by atoms with Crippen LogP contribution >= 0.6 is 15.9 Å². The van der Waals surface area contributed by atoms with Gasteiger partial charge in [0.15, 0.2) is 11.6 Å². The van der Waals surface area contributed by atoms with Crippen molar-refractivity contribution in [2.45, 2.75) is 20.0 Å². The molecule has 0 unspecified atom stereocenters. The van der Waals surface area contributed by atoms with Gasteiger partial charge in [0, 0.05) is 7.05 Å². The molecular formula is C14H17BrFN3O. The van der Waals surface area contributed by atoms with Gasteiger partial charge >= 0.3 is 0 Å². The van der Waals surface area contributed by atoms with Crippen LogP contribution in [0.4, 0.5) is 4.39 Å². The fourth-order valence-electron chi connectivity index (χ4n) is 1.97. The van der Waals surface area contributed by atoms with Gasteiger partial charge in [0.1, 0.15) is 6.61 Å². The highest BCUT2D eigenvalue weighted by Crippen LogP contribution is 2.24. The van der Waals surface area contributed by atoms with Crippen molar-refractivity contribution in [3.63, 3.8) is 0 Å². The van der Waals surface area contributed by atoms with E-state index in [1.165, 1.54) is 6.07 Å². The number of halogens is 2. The number of benzene rings is 1. The van der Waals surface area contributed by atoms with Crippen LogP contribution < -0.4 is 10.5 Å². The molecule has 2 aromatic rings. The van der Waals surface area contributed by atoms with Crippen LogP contribution in [0.15, 0.2) is 22.7 Å². The van der Waals surface area contributed by atoms with Crippen molar-refractivity contribution >= 4 is 15.9 Å². The summed E-state index contributed by atoms with van der Waals surface area (Å²) in [4.78, 5) is 0. The lowest BCUT2D eigenvalue weighted by molar-refractivity contribution is 0.279. The molecule has 0 saturated heterocycles. The third kappa shape index (κ3) is 3.19. The highest BCUT2D eigenvalue weighted by molar-refractivity contribution is 9.10. The van der Waals surface area contributed by atoms with Gasteiger partial charge in [-0.2, -0.15) is 5.10 Å². The van der Waals surface area contributed by atoms with Crippen molar-refractivity contribution < 1.29 is 9.13 Å². The smallest absolute Gasteiger partial charge is 0.165 e. The number of aryl methyl sites for hydroxylation is 2. The molecule has 0 spiro atoms. The minimum absolute atomic E-state index is 0.233. The van der Waals surface area contributed by atoms with Crippen molar-refractivity contribution in [1.29, 1.82) is 0 Å². The van der Waals surface area contributed by atoms with Gasteiger partial charge in [-0.05, 0) is 53.5 Å². The minimum Gasteiger partial charge on any atom is -0.484 e. The Morgan fingerprint density at radius 3 is 2.75 bits per heavy atom. The van der Waals surface area contributed by atoms with Gasteiger partial charge in [-0.1, -0.05) is 6.07 Å². The van der Waals surface area contributed by atoms with E-state index in [1.807, 2.05) is 20.0 Å². The van der Waals surface area contributed by atoms with Crippen molar-refractivity contribution in [3.05, 3.63) is 45.4 Å².